The van der Waals surface area contributed by atoms with Crippen LogP contribution in [0.1, 0.15) is 41.3 Å². The van der Waals surface area contributed by atoms with Gasteiger partial charge in [0.25, 0.3) is 0 Å². The lowest BCUT2D eigenvalue weighted by Crippen LogP contribution is -2.01. The molecule has 2 rings (SSSR count). The van der Waals surface area contributed by atoms with Gasteiger partial charge in [-0.25, -0.2) is 4.79 Å². The van der Waals surface area contributed by atoms with Crippen LogP contribution < -0.4 is 0 Å². The molecule has 0 fully saturated rings. The SMILES string of the molecule is CCCCn1c(Cl)c(C(=O)O)c2ccc(C)c(C)c21. The Morgan fingerprint density at radius 2 is 2.05 bits per heavy atom. The number of aromatic carboxylic acids is 1. The number of halogens is 1. The van der Waals surface area contributed by atoms with E-state index in [9.17, 15) is 9.90 Å². The summed E-state index contributed by atoms with van der Waals surface area (Å²) in [6.07, 6.45) is 2.03. The topological polar surface area (TPSA) is 42.2 Å². The molecule has 0 bridgehead atoms. The highest BCUT2D eigenvalue weighted by Crippen LogP contribution is 2.33. The van der Waals surface area contributed by atoms with Crippen molar-refractivity contribution in [2.45, 2.75) is 40.2 Å². The number of unbranched alkanes of at least 4 members (excludes halogenated alkanes) is 1. The molecule has 0 saturated carbocycles. The van der Waals surface area contributed by atoms with Gasteiger partial charge in [-0.1, -0.05) is 37.1 Å². The van der Waals surface area contributed by atoms with Gasteiger partial charge in [0.05, 0.1) is 5.52 Å². The summed E-state index contributed by atoms with van der Waals surface area (Å²) in [5, 5.41) is 10.4. The fourth-order valence-electron chi connectivity index (χ4n) is 2.42. The minimum atomic E-state index is -0.964. The van der Waals surface area contributed by atoms with E-state index in [0.29, 0.717) is 5.15 Å². The largest absolute Gasteiger partial charge is 0.478 e. The third-order valence-corrected chi connectivity index (χ3v) is 4.03. The van der Waals surface area contributed by atoms with Gasteiger partial charge in [-0.2, -0.15) is 0 Å². The molecular weight excluding hydrogens is 262 g/mol. The highest BCUT2D eigenvalue weighted by atomic mass is 35.5. The van der Waals surface area contributed by atoms with Crippen LogP contribution in [0.3, 0.4) is 0 Å². The molecule has 19 heavy (non-hydrogen) atoms. The third-order valence-electron chi connectivity index (χ3n) is 3.63. The molecule has 1 heterocycles. The fourth-order valence-corrected chi connectivity index (χ4v) is 2.78. The highest BCUT2D eigenvalue weighted by Gasteiger charge is 2.22. The summed E-state index contributed by atoms with van der Waals surface area (Å²) in [5.74, 6) is -0.964. The van der Waals surface area contributed by atoms with E-state index in [0.717, 1.165) is 41.4 Å². The van der Waals surface area contributed by atoms with Crippen molar-refractivity contribution >= 4 is 28.5 Å². The average molecular weight is 280 g/mol. The molecule has 0 spiro atoms. The number of hydrogen-bond donors (Lipinski definition) is 1. The van der Waals surface area contributed by atoms with Gasteiger partial charge in [-0.15, -0.1) is 0 Å². The van der Waals surface area contributed by atoms with Crippen molar-refractivity contribution in [1.29, 1.82) is 0 Å². The molecule has 0 atom stereocenters. The molecule has 0 radical (unpaired) electrons. The Balaban J connectivity index is 2.81. The summed E-state index contributed by atoms with van der Waals surface area (Å²) in [5.41, 5.74) is 3.42. The molecule has 4 heteroatoms. The lowest BCUT2D eigenvalue weighted by Gasteiger charge is -2.09. The molecule has 102 valence electrons. The van der Waals surface area contributed by atoms with Crippen molar-refractivity contribution < 1.29 is 9.90 Å². The molecule has 1 aromatic carbocycles. The van der Waals surface area contributed by atoms with Crippen LogP contribution in [-0.2, 0) is 6.54 Å². The first-order chi connectivity index (χ1) is 8.99. The highest BCUT2D eigenvalue weighted by molar-refractivity contribution is 6.35. The molecule has 2 aromatic rings. The molecule has 1 aromatic heterocycles. The van der Waals surface area contributed by atoms with E-state index in [2.05, 4.69) is 6.92 Å². The predicted molar refractivity (Wildman–Crippen MR) is 78.3 cm³/mol. The maximum atomic E-state index is 11.4. The number of fused-ring (bicyclic) bond motifs is 1. The van der Waals surface area contributed by atoms with Gasteiger partial charge >= 0.3 is 5.97 Å². The van der Waals surface area contributed by atoms with Crippen molar-refractivity contribution in [3.05, 3.63) is 34.0 Å². The standard InChI is InChI=1S/C15H18ClNO2/c1-4-5-8-17-13-10(3)9(2)6-7-11(13)12(14(17)16)15(18)19/h6-7H,4-5,8H2,1-3H3,(H,18,19). The number of carboxylic acids is 1. The molecule has 0 unspecified atom stereocenters. The van der Waals surface area contributed by atoms with E-state index < -0.39 is 5.97 Å². The van der Waals surface area contributed by atoms with E-state index in [4.69, 9.17) is 11.6 Å². The van der Waals surface area contributed by atoms with Gasteiger partial charge in [-0.05, 0) is 31.4 Å². The minimum Gasteiger partial charge on any atom is -0.478 e. The van der Waals surface area contributed by atoms with E-state index in [-0.39, 0.29) is 5.56 Å². The van der Waals surface area contributed by atoms with E-state index >= 15 is 0 Å². The normalized spacial score (nSPS) is 11.2. The predicted octanol–water partition coefficient (Wildman–Crippen LogP) is 4.41. The molecule has 0 aliphatic heterocycles. The van der Waals surface area contributed by atoms with Gasteiger partial charge in [0.1, 0.15) is 10.7 Å². The van der Waals surface area contributed by atoms with Crippen LogP contribution in [0.15, 0.2) is 12.1 Å². The molecule has 1 N–H and O–H groups in total. The van der Waals surface area contributed by atoms with Gasteiger partial charge in [-0.3, -0.25) is 0 Å². The van der Waals surface area contributed by atoms with E-state index in [1.807, 2.05) is 30.5 Å². The van der Waals surface area contributed by atoms with E-state index in [1.165, 1.54) is 0 Å². The molecule has 3 nitrogen and oxygen atoms in total. The van der Waals surface area contributed by atoms with Crippen LogP contribution in [-0.4, -0.2) is 15.6 Å². The van der Waals surface area contributed by atoms with E-state index in [1.54, 1.807) is 0 Å². The number of benzene rings is 1. The quantitative estimate of drug-likeness (QED) is 0.901. The van der Waals surface area contributed by atoms with Crippen molar-refractivity contribution in [2.24, 2.45) is 0 Å². The summed E-state index contributed by atoms with van der Waals surface area (Å²) < 4.78 is 1.94. The Hall–Kier alpha value is -1.48. The van der Waals surface area contributed by atoms with Crippen LogP contribution in [0.25, 0.3) is 10.9 Å². The summed E-state index contributed by atoms with van der Waals surface area (Å²) in [6, 6.07) is 3.81. The first kappa shape index (κ1) is 13.9. The van der Waals surface area contributed by atoms with Crippen LogP contribution in [0.4, 0.5) is 0 Å². The molecule has 0 amide bonds. The lowest BCUT2D eigenvalue weighted by molar-refractivity contribution is 0.0699. The number of aryl methyl sites for hydroxylation is 3. The molecular formula is C15H18ClNO2. The maximum absolute atomic E-state index is 11.4. The second-order valence-corrected chi connectivity index (χ2v) is 5.24. The number of carbonyl (C=O) groups is 1. The zero-order valence-electron chi connectivity index (χ0n) is 11.5. The van der Waals surface area contributed by atoms with Gasteiger partial charge in [0.2, 0.25) is 0 Å². The van der Waals surface area contributed by atoms with Crippen LogP contribution in [0, 0.1) is 13.8 Å². The summed E-state index contributed by atoms with van der Waals surface area (Å²) in [6.45, 7) is 6.90. The van der Waals surface area contributed by atoms with Crippen molar-refractivity contribution in [3.63, 3.8) is 0 Å². The van der Waals surface area contributed by atoms with Crippen molar-refractivity contribution in [1.82, 2.24) is 4.57 Å². The summed E-state index contributed by atoms with van der Waals surface area (Å²) in [7, 11) is 0. The Bertz CT molecular complexity index is 643. The Kier molecular flexibility index (Phi) is 3.85. The van der Waals surface area contributed by atoms with Crippen LogP contribution >= 0.6 is 11.6 Å². The average Bonchev–Trinajstić information content (AvgIpc) is 2.64. The van der Waals surface area contributed by atoms with Gasteiger partial charge < -0.3 is 9.67 Å². The lowest BCUT2D eigenvalue weighted by atomic mass is 10.0. The first-order valence-electron chi connectivity index (χ1n) is 6.50. The Morgan fingerprint density at radius 1 is 1.37 bits per heavy atom. The summed E-state index contributed by atoms with van der Waals surface area (Å²) >= 11 is 6.29. The van der Waals surface area contributed by atoms with Crippen LogP contribution in [0.5, 0.6) is 0 Å². The summed E-state index contributed by atoms with van der Waals surface area (Å²) in [4.78, 5) is 11.4. The molecule has 0 saturated heterocycles. The fraction of sp³-hybridized carbons (Fsp3) is 0.400. The maximum Gasteiger partial charge on any atom is 0.339 e. The Morgan fingerprint density at radius 3 is 2.63 bits per heavy atom. The van der Waals surface area contributed by atoms with Gasteiger partial charge in [0.15, 0.2) is 0 Å². The smallest absolute Gasteiger partial charge is 0.339 e. The zero-order chi connectivity index (χ0) is 14.2. The minimum absolute atomic E-state index is 0.218. The third kappa shape index (κ3) is 2.23. The number of hydrogen-bond acceptors (Lipinski definition) is 1. The first-order valence-corrected chi connectivity index (χ1v) is 6.88. The monoisotopic (exact) mass is 279 g/mol. The number of nitrogens with zero attached hydrogens (tertiary/aromatic N) is 1. The van der Waals surface area contributed by atoms with Gasteiger partial charge in [0, 0.05) is 11.9 Å². The number of rotatable bonds is 4. The molecule has 0 aliphatic carbocycles. The van der Waals surface area contributed by atoms with Crippen LogP contribution in [0.2, 0.25) is 5.15 Å². The Labute approximate surface area is 117 Å². The molecule has 0 aliphatic rings. The van der Waals surface area contributed by atoms with Crippen molar-refractivity contribution in [2.75, 3.05) is 0 Å². The number of carboxylic acid groups (broad SMARTS) is 1. The second-order valence-electron chi connectivity index (χ2n) is 4.88. The zero-order valence-corrected chi connectivity index (χ0v) is 12.2. The van der Waals surface area contributed by atoms with Crippen molar-refractivity contribution in [3.8, 4) is 0 Å². The number of aromatic nitrogens is 1. The second kappa shape index (κ2) is 5.25.